The van der Waals surface area contributed by atoms with Crippen LogP contribution in [0.25, 0.3) is 0 Å². The lowest BCUT2D eigenvalue weighted by atomic mass is 9.93. The van der Waals surface area contributed by atoms with Crippen LogP contribution in [0.2, 0.25) is 0 Å². The van der Waals surface area contributed by atoms with Gasteiger partial charge in [-0.15, -0.1) is 0 Å². The fourth-order valence-electron chi connectivity index (χ4n) is 4.06. The lowest BCUT2D eigenvalue weighted by Gasteiger charge is -2.28. The number of carbonyl (C=O) groups excluding carboxylic acids is 2. The third-order valence-electron chi connectivity index (χ3n) is 5.84. The summed E-state index contributed by atoms with van der Waals surface area (Å²) in [6, 6.07) is 4.06. The molecule has 0 aromatic heterocycles. The minimum absolute atomic E-state index is 0.237. The van der Waals surface area contributed by atoms with E-state index in [1.54, 1.807) is 12.1 Å². The Morgan fingerprint density at radius 1 is 0.828 bits per heavy atom. The molecule has 0 saturated heterocycles. The number of aryl methyl sites for hydroxylation is 1. The van der Waals surface area contributed by atoms with Crippen LogP contribution < -0.4 is 21.3 Å². The zero-order valence-electron chi connectivity index (χ0n) is 16.9. The standard InChI is InChI=1S/C21H32N4O4/c1-13-10-11-14(22-20(28)23-15-6-2-4-8-18(15)26)12-17(13)25-21(29)24-16-7-3-5-9-19(16)27/h10-12,15-16,18-19,26-27H,2-9H2,1H3,(H2,22,23,28)(H2,24,25,29)/t15-,16+,18+,19+/m1/s1. The first kappa shape index (κ1) is 21.4. The number of aliphatic hydroxyl groups excluding tert-OH is 2. The predicted octanol–water partition coefficient (Wildman–Crippen LogP) is 2.85. The summed E-state index contributed by atoms with van der Waals surface area (Å²) in [5.41, 5.74) is 1.99. The quantitative estimate of drug-likeness (QED) is 0.462. The van der Waals surface area contributed by atoms with Gasteiger partial charge in [-0.25, -0.2) is 9.59 Å². The van der Waals surface area contributed by atoms with Crippen molar-refractivity contribution in [1.82, 2.24) is 10.6 Å². The molecule has 8 heteroatoms. The van der Waals surface area contributed by atoms with E-state index in [4.69, 9.17) is 0 Å². The van der Waals surface area contributed by atoms with Crippen LogP contribution >= 0.6 is 0 Å². The third-order valence-corrected chi connectivity index (χ3v) is 5.84. The summed E-state index contributed by atoms with van der Waals surface area (Å²) < 4.78 is 0. The van der Waals surface area contributed by atoms with Crippen molar-refractivity contribution in [1.29, 1.82) is 0 Å². The third kappa shape index (κ3) is 6.08. The van der Waals surface area contributed by atoms with Gasteiger partial charge < -0.3 is 31.5 Å². The molecule has 8 nitrogen and oxygen atoms in total. The van der Waals surface area contributed by atoms with Gasteiger partial charge in [0.15, 0.2) is 0 Å². The molecule has 4 atom stereocenters. The van der Waals surface area contributed by atoms with E-state index in [9.17, 15) is 19.8 Å². The van der Waals surface area contributed by atoms with Crippen LogP contribution in [0.4, 0.5) is 21.0 Å². The van der Waals surface area contributed by atoms with Gasteiger partial charge in [0.05, 0.1) is 24.3 Å². The Labute approximate surface area is 171 Å². The lowest BCUT2D eigenvalue weighted by Crippen LogP contribution is -2.47. The van der Waals surface area contributed by atoms with Crippen LogP contribution in [0.15, 0.2) is 18.2 Å². The zero-order valence-corrected chi connectivity index (χ0v) is 16.9. The monoisotopic (exact) mass is 404 g/mol. The average molecular weight is 405 g/mol. The van der Waals surface area contributed by atoms with E-state index in [1.165, 1.54) is 0 Å². The number of hydrogen-bond donors (Lipinski definition) is 6. The maximum atomic E-state index is 12.3. The molecule has 0 heterocycles. The van der Waals surface area contributed by atoms with E-state index >= 15 is 0 Å². The Kier molecular flexibility index (Phi) is 7.33. The molecule has 0 radical (unpaired) electrons. The van der Waals surface area contributed by atoms with E-state index in [-0.39, 0.29) is 24.1 Å². The van der Waals surface area contributed by atoms with Crippen molar-refractivity contribution in [3.05, 3.63) is 23.8 Å². The number of aliphatic hydroxyl groups is 2. The molecule has 2 saturated carbocycles. The summed E-state index contributed by atoms with van der Waals surface area (Å²) in [7, 11) is 0. The molecular weight excluding hydrogens is 372 g/mol. The number of hydrogen-bond acceptors (Lipinski definition) is 4. The van der Waals surface area contributed by atoms with E-state index in [0.29, 0.717) is 24.2 Å². The maximum absolute atomic E-state index is 12.3. The number of anilines is 2. The highest BCUT2D eigenvalue weighted by atomic mass is 16.3. The number of nitrogens with one attached hydrogen (secondary N) is 4. The van der Waals surface area contributed by atoms with E-state index in [2.05, 4.69) is 21.3 Å². The summed E-state index contributed by atoms with van der Waals surface area (Å²) in [6.07, 6.45) is 5.86. The van der Waals surface area contributed by atoms with Gasteiger partial charge in [0, 0.05) is 11.4 Å². The highest BCUT2D eigenvalue weighted by Gasteiger charge is 2.25. The smallest absolute Gasteiger partial charge is 0.319 e. The number of urea groups is 2. The molecule has 0 spiro atoms. The molecule has 4 amide bonds. The SMILES string of the molecule is Cc1ccc(NC(=O)N[C@@H]2CCCC[C@@H]2O)cc1NC(=O)N[C@H]1CCCC[C@@H]1O. The summed E-state index contributed by atoms with van der Waals surface area (Å²) in [6.45, 7) is 1.87. The topological polar surface area (TPSA) is 123 Å². The first-order chi connectivity index (χ1) is 13.9. The lowest BCUT2D eigenvalue weighted by molar-refractivity contribution is 0.0955. The Hall–Kier alpha value is -2.32. The molecule has 1 aromatic carbocycles. The van der Waals surface area contributed by atoms with Gasteiger partial charge in [-0.3, -0.25) is 0 Å². The van der Waals surface area contributed by atoms with Crippen molar-refractivity contribution in [2.24, 2.45) is 0 Å². The van der Waals surface area contributed by atoms with Crippen molar-refractivity contribution >= 4 is 23.4 Å². The van der Waals surface area contributed by atoms with Gasteiger partial charge in [0.25, 0.3) is 0 Å². The van der Waals surface area contributed by atoms with Gasteiger partial charge in [0.2, 0.25) is 0 Å². The van der Waals surface area contributed by atoms with E-state index in [0.717, 1.165) is 44.1 Å². The molecule has 160 valence electrons. The largest absolute Gasteiger partial charge is 0.391 e. The zero-order chi connectivity index (χ0) is 20.8. The summed E-state index contributed by atoms with van der Waals surface area (Å²) in [5.74, 6) is 0. The molecule has 2 fully saturated rings. The highest BCUT2D eigenvalue weighted by Crippen LogP contribution is 2.22. The Bertz CT molecular complexity index is 727. The number of amides is 4. The van der Waals surface area contributed by atoms with Gasteiger partial charge in [-0.2, -0.15) is 0 Å². The Morgan fingerprint density at radius 2 is 1.34 bits per heavy atom. The number of benzene rings is 1. The molecule has 3 rings (SSSR count). The number of carbonyl (C=O) groups is 2. The fraction of sp³-hybridized carbons (Fsp3) is 0.619. The molecule has 0 aliphatic heterocycles. The summed E-state index contributed by atoms with van der Waals surface area (Å²) in [5, 5.41) is 31.3. The van der Waals surface area contributed by atoms with Gasteiger partial charge in [0.1, 0.15) is 0 Å². The van der Waals surface area contributed by atoms with Crippen LogP contribution in [-0.2, 0) is 0 Å². The van der Waals surface area contributed by atoms with Crippen molar-refractivity contribution < 1.29 is 19.8 Å². The van der Waals surface area contributed by atoms with Crippen LogP contribution in [0.3, 0.4) is 0 Å². The van der Waals surface area contributed by atoms with Crippen molar-refractivity contribution in [3.8, 4) is 0 Å². The minimum Gasteiger partial charge on any atom is -0.391 e. The molecule has 29 heavy (non-hydrogen) atoms. The molecule has 6 N–H and O–H groups in total. The van der Waals surface area contributed by atoms with Gasteiger partial charge in [-0.1, -0.05) is 31.7 Å². The molecule has 2 aliphatic carbocycles. The van der Waals surface area contributed by atoms with Crippen molar-refractivity contribution in [2.45, 2.75) is 82.6 Å². The van der Waals surface area contributed by atoms with Gasteiger partial charge in [-0.05, 0) is 50.3 Å². The normalized spacial score (nSPS) is 27.0. The number of rotatable bonds is 4. The van der Waals surface area contributed by atoms with E-state index < -0.39 is 12.2 Å². The van der Waals surface area contributed by atoms with Crippen molar-refractivity contribution in [3.63, 3.8) is 0 Å². The second kappa shape index (κ2) is 9.93. The minimum atomic E-state index is -0.512. The van der Waals surface area contributed by atoms with Gasteiger partial charge >= 0.3 is 12.1 Å². The maximum Gasteiger partial charge on any atom is 0.319 e. The molecule has 0 bridgehead atoms. The fourth-order valence-corrected chi connectivity index (χ4v) is 4.06. The second-order valence-electron chi connectivity index (χ2n) is 8.14. The first-order valence-corrected chi connectivity index (χ1v) is 10.5. The predicted molar refractivity (Wildman–Crippen MR) is 112 cm³/mol. The first-order valence-electron chi connectivity index (χ1n) is 10.5. The van der Waals surface area contributed by atoms with Crippen LogP contribution in [0, 0.1) is 6.92 Å². The molecule has 1 aromatic rings. The summed E-state index contributed by atoms with van der Waals surface area (Å²) >= 11 is 0. The summed E-state index contributed by atoms with van der Waals surface area (Å²) in [4.78, 5) is 24.6. The average Bonchev–Trinajstić information content (AvgIpc) is 2.68. The Balaban J connectivity index is 1.56. The molecular formula is C21H32N4O4. The highest BCUT2D eigenvalue weighted by molar-refractivity contribution is 5.93. The molecule has 0 unspecified atom stereocenters. The van der Waals surface area contributed by atoms with Crippen molar-refractivity contribution in [2.75, 3.05) is 10.6 Å². The van der Waals surface area contributed by atoms with Crippen LogP contribution in [0.1, 0.15) is 56.9 Å². The van der Waals surface area contributed by atoms with Crippen LogP contribution in [-0.4, -0.2) is 46.6 Å². The van der Waals surface area contributed by atoms with E-state index in [1.807, 2.05) is 13.0 Å². The second-order valence-corrected chi connectivity index (χ2v) is 8.14. The molecule has 2 aliphatic rings. The Morgan fingerprint density at radius 3 is 1.90 bits per heavy atom. The van der Waals surface area contributed by atoms with Crippen LogP contribution in [0.5, 0.6) is 0 Å².